The molecule has 1 fully saturated rings. The number of rotatable bonds is 5. The third-order valence-electron chi connectivity index (χ3n) is 4.56. The Morgan fingerprint density at radius 3 is 2.45 bits per heavy atom. The van der Waals surface area contributed by atoms with Crippen LogP contribution >= 0.6 is 0 Å². The molecule has 112 valence electrons. The van der Waals surface area contributed by atoms with E-state index in [1.54, 1.807) is 0 Å². The number of likely N-dealkylation sites (N-methyl/N-ethyl adjacent to an activating group) is 1. The molecule has 1 aliphatic rings. The summed E-state index contributed by atoms with van der Waals surface area (Å²) in [4.78, 5) is 9.12. The second-order valence-corrected chi connectivity index (χ2v) is 5.92. The molecule has 0 saturated carbocycles. The zero-order valence-electron chi connectivity index (χ0n) is 13.0. The van der Waals surface area contributed by atoms with Crippen LogP contribution in [0.1, 0.15) is 38.3 Å². The van der Waals surface area contributed by atoms with Crippen LogP contribution in [-0.2, 0) is 0 Å². The highest BCUT2D eigenvalue weighted by molar-refractivity contribution is 5.17. The molecule has 2 N–H and O–H groups in total. The lowest BCUT2D eigenvalue weighted by atomic mass is 9.95. The lowest BCUT2D eigenvalue weighted by Gasteiger charge is -2.41. The van der Waals surface area contributed by atoms with Crippen LogP contribution in [0, 0.1) is 0 Å². The molecule has 2 atom stereocenters. The van der Waals surface area contributed by atoms with E-state index in [9.17, 15) is 0 Å². The van der Waals surface area contributed by atoms with Gasteiger partial charge in [0.1, 0.15) is 0 Å². The van der Waals surface area contributed by atoms with E-state index in [1.165, 1.54) is 31.5 Å². The molecule has 1 aromatic heterocycles. The Morgan fingerprint density at radius 2 is 1.95 bits per heavy atom. The monoisotopic (exact) mass is 276 g/mol. The largest absolute Gasteiger partial charge is 0.326 e. The second-order valence-electron chi connectivity index (χ2n) is 5.92. The van der Waals surface area contributed by atoms with Crippen LogP contribution in [0.4, 0.5) is 0 Å². The summed E-state index contributed by atoms with van der Waals surface area (Å²) in [5, 5.41) is 0. The molecule has 0 aromatic carbocycles. The molecule has 1 aromatic rings. The van der Waals surface area contributed by atoms with Crippen LogP contribution in [-0.4, -0.2) is 53.5 Å². The van der Waals surface area contributed by atoms with Crippen LogP contribution in [0.5, 0.6) is 0 Å². The van der Waals surface area contributed by atoms with E-state index < -0.39 is 0 Å². The zero-order chi connectivity index (χ0) is 14.5. The predicted molar refractivity (Wildman–Crippen MR) is 83.5 cm³/mol. The third-order valence-corrected chi connectivity index (χ3v) is 4.56. The van der Waals surface area contributed by atoms with Crippen LogP contribution in [0.15, 0.2) is 24.5 Å². The maximum atomic E-state index is 6.26. The van der Waals surface area contributed by atoms with Crippen LogP contribution in [0.2, 0.25) is 0 Å². The molecule has 1 saturated heterocycles. The molecule has 0 aliphatic carbocycles. The maximum absolute atomic E-state index is 6.26. The van der Waals surface area contributed by atoms with Crippen LogP contribution < -0.4 is 5.73 Å². The van der Waals surface area contributed by atoms with Gasteiger partial charge in [-0.3, -0.25) is 9.88 Å². The average Bonchev–Trinajstić information content (AvgIpc) is 2.48. The Hall–Kier alpha value is -0.970. The normalized spacial score (nSPS) is 21.1. The van der Waals surface area contributed by atoms with Gasteiger partial charge < -0.3 is 10.6 Å². The van der Waals surface area contributed by atoms with Gasteiger partial charge in [-0.2, -0.15) is 0 Å². The van der Waals surface area contributed by atoms with Gasteiger partial charge in [-0.1, -0.05) is 6.92 Å². The minimum Gasteiger partial charge on any atom is -0.326 e. The SMILES string of the molecule is CCN1CCC(N(C)C(c2ccncc2)C(C)N)CC1. The Kier molecular flexibility index (Phi) is 5.52. The van der Waals surface area contributed by atoms with E-state index in [4.69, 9.17) is 5.73 Å². The van der Waals surface area contributed by atoms with Gasteiger partial charge in [0.15, 0.2) is 0 Å². The van der Waals surface area contributed by atoms with Gasteiger partial charge in [0.25, 0.3) is 0 Å². The first-order valence-electron chi connectivity index (χ1n) is 7.73. The standard InChI is InChI=1S/C16H28N4/c1-4-20-11-7-15(8-12-20)19(3)16(13(2)17)14-5-9-18-10-6-14/h5-6,9-10,13,15-16H,4,7-8,11-12,17H2,1-3H3. The summed E-state index contributed by atoms with van der Waals surface area (Å²) < 4.78 is 0. The van der Waals surface area contributed by atoms with Gasteiger partial charge in [0, 0.05) is 30.5 Å². The molecule has 0 spiro atoms. The molecular weight excluding hydrogens is 248 g/mol. The fourth-order valence-electron chi connectivity index (χ4n) is 3.34. The summed E-state index contributed by atoms with van der Waals surface area (Å²) in [5.74, 6) is 0. The first-order valence-corrected chi connectivity index (χ1v) is 7.73. The van der Waals surface area contributed by atoms with Gasteiger partial charge in [0.2, 0.25) is 0 Å². The van der Waals surface area contributed by atoms with Gasteiger partial charge in [-0.15, -0.1) is 0 Å². The second kappa shape index (κ2) is 7.16. The minimum atomic E-state index is 0.117. The summed E-state index contributed by atoms with van der Waals surface area (Å²) >= 11 is 0. The number of hydrogen-bond acceptors (Lipinski definition) is 4. The number of likely N-dealkylation sites (tertiary alicyclic amines) is 1. The van der Waals surface area contributed by atoms with Crippen molar-refractivity contribution >= 4 is 0 Å². The Bertz CT molecular complexity index is 385. The molecule has 4 nitrogen and oxygen atoms in total. The lowest BCUT2D eigenvalue weighted by Crippen LogP contribution is -2.48. The molecule has 1 aliphatic heterocycles. The van der Waals surface area contributed by atoms with Crippen LogP contribution in [0.3, 0.4) is 0 Å². The third kappa shape index (κ3) is 3.57. The van der Waals surface area contributed by atoms with Crippen molar-refractivity contribution in [1.29, 1.82) is 0 Å². The zero-order valence-corrected chi connectivity index (χ0v) is 13.0. The van der Waals surface area contributed by atoms with Crippen molar-refractivity contribution in [1.82, 2.24) is 14.8 Å². The van der Waals surface area contributed by atoms with Crippen molar-refractivity contribution in [2.75, 3.05) is 26.7 Å². The lowest BCUT2D eigenvalue weighted by molar-refractivity contribution is 0.0895. The van der Waals surface area contributed by atoms with Gasteiger partial charge in [0.05, 0.1) is 0 Å². The number of hydrogen-bond donors (Lipinski definition) is 1. The fraction of sp³-hybridized carbons (Fsp3) is 0.688. The van der Waals surface area contributed by atoms with Crippen molar-refractivity contribution in [3.63, 3.8) is 0 Å². The molecule has 0 bridgehead atoms. The number of aromatic nitrogens is 1. The summed E-state index contributed by atoms with van der Waals surface area (Å²) in [5.41, 5.74) is 7.53. The van der Waals surface area contributed by atoms with Crippen LogP contribution in [0.25, 0.3) is 0 Å². The highest BCUT2D eigenvalue weighted by Gasteiger charge is 2.29. The summed E-state index contributed by atoms with van der Waals surface area (Å²) in [7, 11) is 2.22. The van der Waals surface area contributed by atoms with E-state index in [0.29, 0.717) is 6.04 Å². The highest BCUT2D eigenvalue weighted by atomic mass is 15.2. The molecule has 0 amide bonds. The smallest absolute Gasteiger partial charge is 0.0497 e. The number of piperidine rings is 1. The Balaban J connectivity index is 2.07. The quantitative estimate of drug-likeness (QED) is 0.892. The summed E-state index contributed by atoms with van der Waals surface area (Å²) in [6.07, 6.45) is 6.19. The molecule has 4 heteroatoms. The molecule has 2 heterocycles. The highest BCUT2D eigenvalue weighted by Crippen LogP contribution is 2.27. The summed E-state index contributed by atoms with van der Waals surface area (Å²) in [6, 6.07) is 5.20. The average molecular weight is 276 g/mol. The van der Waals surface area contributed by atoms with Crippen molar-refractivity contribution in [3.05, 3.63) is 30.1 Å². The van der Waals surface area contributed by atoms with Crippen molar-refractivity contribution in [2.45, 2.75) is 44.8 Å². The number of nitrogens with two attached hydrogens (primary N) is 1. The van der Waals surface area contributed by atoms with Gasteiger partial charge in [-0.25, -0.2) is 0 Å². The molecule has 2 rings (SSSR count). The predicted octanol–water partition coefficient (Wildman–Crippen LogP) is 1.89. The molecule has 2 unspecified atom stereocenters. The maximum Gasteiger partial charge on any atom is 0.0497 e. The van der Waals surface area contributed by atoms with Gasteiger partial charge in [-0.05, 0) is 64.1 Å². The Labute approximate surface area is 123 Å². The van der Waals surface area contributed by atoms with E-state index in [-0.39, 0.29) is 12.1 Å². The van der Waals surface area contributed by atoms with Crippen molar-refractivity contribution in [3.8, 4) is 0 Å². The first-order chi connectivity index (χ1) is 9.63. The van der Waals surface area contributed by atoms with E-state index >= 15 is 0 Å². The number of pyridine rings is 1. The first kappa shape index (κ1) is 15.4. The van der Waals surface area contributed by atoms with E-state index in [0.717, 1.165) is 6.54 Å². The topological polar surface area (TPSA) is 45.4 Å². The van der Waals surface area contributed by atoms with E-state index in [1.807, 2.05) is 12.4 Å². The Morgan fingerprint density at radius 1 is 1.35 bits per heavy atom. The minimum absolute atomic E-state index is 0.117. The van der Waals surface area contributed by atoms with Crippen molar-refractivity contribution < 1.29 is 0 Å². The fourth-order valence-corrected chi connectivity index (χ4v) is 3.34. The van der Waals surface area contributed by atoms with E-state index in [2.05, 4.69) is 47.8 Å². The number of nitrogens with zero attached hydrogens (tertiary/aromatic N) is 3. The molecular formula is C16H28N4. The molecule has 0 radical (unpaired) electrons. The van der Waals surface area contributed by atoms with Gasteiger partial charge >= 0.3 is 0 Å². The van der Waals surface area contributed by atoms with Crippen molar-refractivity contribution in [2.24, 2.45) is 5.73 Å². The summed E-state index contributed by atoms with van der Waals surface area (Å²) in [6.45, 7) is 7.91. The molecule has 20 heavy (non-hydrogen) atoms.